The molecule has 0 radical (unpaired) electrons. The summed E-state index contributed by atoms with van der Waals surface area (Å²) in [6.07, 6.45) is 0. The van der Waals surface area contributed by atoms with Crippen molar-refractivity contribution in [3.63, 3.8) is 0 Å². The molecule has 13 heavy (non-hydrogen) atoms. The summed E-state index contributed by atoms with van der Waals surface area (Å²) in [6, 6.07) is 0. The molecule has 0 heterocycles. The molecule has 4 N–H and O–H groups in total. The molecule has 0 saturated heterocycles. The molecule has 0 aromatic carbocycles. The van der Waals surface area contributed by atoms with Crippen molar-refractivity contribution in [3.8, 4) is 0 Å². The first-order valence-electron chi connectivity index (χ1n) is 1.56. The minimum atomic E-state index is -4.67. The van der Waals surface area contributed by atoms with Crippen molar-refractivity contribution in [2.24, 2.45) is 0 Å². The molecule has 0 spiro atoms. The van der Waals surface area contributed by atoms with Gasteiger partial charge in [-0.25, -0.2) is 8.42 Å². The molecule has 0 fully saturated rings. The van der Waals surface area contributed by atoms with Crippen molar-refractivity contribution in [1.29, 1.82) is 0 Å². The molecule has 0 saturated carbocycles. The first kappa shape index (κ1) is 24.4. The first-order chi connectivity index (χ1) is 4.64. The normalized spacial score (nSPS) is 13.5. The predicted molar refractivity (Wildman–Crippen MR) is 37.9 cm³/mol. The second-order valence-electron chi connectivity index (χ2n) is 0.882. The zero-order valence-corrected chi connectivity index (χ0v) is 13.1. The molecule has 0 rings (SSSR count). The smallest absolute Gasteiger partial charge is 1.00 e. The maximum atomic E-state index is 9.26. The van der Waals surface area contributed by atoms with Crippen molar-refractivity contribution < 1.29 is 97.0 Å². The molecule has 13 heteroatoms. The van der Waals surface area contributed by atoms with Crippen LogP contribution in [0.15, 0.2) is 0 Å². The average Bonchev–Trinajstić information content (AvgIpc) is 1.59. The molecule has 0 aliphatic carbocycles. The van der Waals surface area contributed by atoms with Gasteiger partial charge in [0.1, 0.15) is 0 Å². The third kappa shape index (κ3) is 55.5. The van der Waals surface area contributed by atoms with Crippen LogP contribution in [0.4, 0.5) is 0 Å². The zero-order valence-electron chi connectivity index (χ0n) is 8.65. The van der Waals surface area contributed by atoms with E-state index in [9.17, 15) is 8.42 Å². The van der Waals surface area contributed by atoms with Crippen molar-refractivity contribution in [2.75, 3.05) is 0 Å². The Balaban J connectivity index is -0.0000000215. The molecular formula is H6Na2O8S3. The van der Waals surface area contributed by atoms with Crippen LogP contribution >= 0.6 is 0 Å². The summed E-state index contributed by atoms with van der Waals surface area (Å²) in [5.41, 5.74) is 0. The van der Waals surface area contributed by atoms with Gasteiger partial charge in [-0.05, 0) is 0 Å². The Morgan fingerprint density at radius 3 is 1.00 bits per heavy atom. The van der Waals surface area contributed by atoms with Gasteiger partial charge < -0.3 is 2.85 Å². The Morgan fingerprint density at radius 2 is 1.00 bits per heavy atom. The van der Waals surface area contributed by atoms with Gasteiger partial charge in [-0.15, -0.1) is 0 Å². The minimum absolute atomic E-state index is 0. The fraction of sp³-hybridized carbons (Fsp3) is 0. The molecule has 74 valence electrons. The van der Waals surface area contributed by atoms with E-state index in [1.165, 1.54) is 0 Å². The number of hydrogen-bond acceptors (Lipinski definition) is 4. The second kappa shape index (κ2) is 12.2. The Hall–Kier alpha value is 2.09. The molecule has 0 amide bonds. The quantitative estimate of drug-likeness (QED) is 0.160. The zero-order chi connectivity index (χ0) is 9.65. The molecule has 2 atom stereocenters. The maximum absolute atomic E-state index is 9.26. The molecular weight excluding hydrogens is 270 g/mol. The molecule has 0 aliphatic heterocycles. The second-order valence-corrected chi connectivity index (χ2v) is 4.36. The van der Waals surface area contributed by atoms with Crippen LogP contribution in [-0.2, 0) is 30.6 Å². The fourth-order valence-corrected chi connectivity index (χ4v) is 0. The van der Waals surface area contributed by atoms with Gasteiger partial charge in [0.2, 0.25) is 0 Å². The van der Waals surface area contributed by atoms with Crippen LogP contribution in [-0.4, -0.2) is 35.0 Å². The Bertz CT molecular complexity index is 229. The van der Waals surface area contributed by atoms with Gasteiger partial charge >= 0.3 is 69.5 Å². The van der Waals surface area contributed by atoms with Gasteiger partial charge in [0.05, 0.1) is 0 Å². The van der Waals surface area contributed by atoms with E-state index in [2.05, 4.69) is 0 Å². The Morgan fingerprint density at radius 1 is 0.923 bits per heavy atom. The summed E-state index contributed by atoms with van der Waals surface area (Å²) in [5.74, 6) is 0. The molecule has 0 aromatic rings. The summed E-state index contributed by atoms with van der Waals surface area (Å²) >= 11 is 0. The number of hydrogen-bond donors (Lipinski definition) is 4. The van der Waals surface area contributed by atoms with E-state index in [-0.39, 0.29) is 62.0 Å². The molecule has 0 aromatic heterocycles. The fourth-order valence-electron chi connectivity index (χ4n) is 0. The summed E-state index contributed by atoms with van der Waals surface area (Å²) in [6.45, 7) is 0. The van der Waals surface area contributed by atoms with E-state index in [1.807, 2.05) is 0 Å². The van der Waals surface area contributed by atoms with Crippen LogP contribution in [0.3, 0.4) is 0 Å². The summed E-state index contributed by atoms with van der Waals surface area (Å²) in [5, 5.41) is 0. The van der Waals surface area contributed by atoms with Crippen LogP contribution in [0.25, 0.3) is 0 Å². The van der Waals surface area contributed by atoms with E-state index in [4.69, 9.17) is 26.6 Å². The van der Waals surface area contributed by atoms with Crippen LogP contribution in [0.5, 0.6) is 0 Å². The average molecular weight is 276 g/mol. The van der Waals surface area contributed by atoms with Gasteiger partial charge in [-0.1, -0.05) is 0 Å². The van der Waals surface area contributed by atoms with Crippen LogP contribution < -0.4 is 59.1 Å². The monoisotopic (exact) mass is 276 g/mol. The van der Waals surface area contributed by atoms with E-state index in [0.29, 0.717) is 0 Å². The molecule has 8 nitrogen and oxygen atoms in total. The van der Waals surface area contributed by atoms with E-state index >= 15 is 0 Å². The SMILES string of the molecule is O=S(=O)(O)O.O=S(O)S(=O)O.[H-].[H-].[Na+].[Na+]. The Labute approximate surface area is 126 Å². The van der Waals surface area contributed by atoms with Crippen molar-refractivity contribution in [3.05, 3.63) is 0 Å². The van der Waals surface area contributed by atoms with Crippen LogP contribution in [0, 0.1) is 0 Å². The van der Waals surface area contributed by atoms with Crippen LogP contribution in [0.1, 0.15) is 2.85 Å². The Kier molecular flexibility index (Phi) is 22.8. The third-order valence-electron chi connectivity index (χ3n) is 0.122. The number of rotatable bonds is 1. The van der Waals surface area contributed by atoms with Gasteiger partial charge in [-0.2, -0.15) is 8.42 Å². The van der Waals surface area contributed by atoms with Gasteiger partial charge in [0, 0.05) is 0 Å². The summed E-state index contributed by atoms with van der Waals surface area (Å²) in [4.78, 5) is 0. The topological polar surface area (TPSA) is 149 Å². The van der Waals surface area contributed by atoms with E-state index in [1.54, 1.807) is 0 Å². The van der Waals surface area contributed by atoms with Crippen molar-refractivity contribution in [2.45, 2.75) is 0 Å². The van der Waals surface area contributed by atoms with Gasteiger partial charge in [-0.3, -0.25) is 18.2 Å². The van der Waals surface area contributed by atoms with Crippen LogP contribution in [0.2, 0.25) is 0 Å². The predicted octanol–water partition coefficient (Wildman–Crippen LogP) is -7.08. The molecule has 0 bridgehead atoms. The maximum Gasteiger partial charge on any atom is 1.00 e. The molecule has 2 unspecified atom stereocenters. The standard InChI is InChI=1S/2Na.H2O4S2.H2O4S.2H/c;;1-5(2)6(3)4;1-5(2,3)4;;/h;;(H,1,2)(H,3,4);(H2,1,2,3,4);;/q2*+1;;;2*-1. The third-order valence-corrected chi connectivity index (χ3v) is 1.10. The van der Waals surface area contributed by atoms with Crippen molar-refractivity contribution >= 4 is 30.6 Å². The first-order valence-corrected chi connectivity index (χ1v) is 5.69. The van der Waals surface area contributed by atoms with E-state index in [0.717, 1.165) is 0 Å². The van der Waals surface area contributed by atoms with Gasteiger partial charge in [0.25, 0.3) is 20.2 Å². The minimum Gasteiger partial charge on any atom is -1.00 e. The van der Waals surface area contributed by atoms with Crippen molar-refractivity contribution in [1.82, 2.24) is 0 Å². The van der Waals surface area contributed by atoms with Gasteiger partial charge in [0.15, 0.2) is 0 Å². The summed E-state index contributed by atoms with van der Waals surface area (Å²) < 4.78 is 65.2. The molecule has 0 aliphatic rings. The van der Waals surface area contributed by atoms with E-state index < -0.39 is 30.6 Å². The summed E-state index contributed by atoms with van der Waals surface area (Å²) in [7, 11) is -9.85. The largest absolute Gasteiger partial charge is 1.00 e.